The van der Waals surface area contributed by atoms with Gasteiger partial charge in [0.25, 0.3) is 0 Å². The Morgan fingerprint density at radius 3 is 2.79 bits per heavy atom. The van der Waals surface area contributed by atoms with Gasteiger partial charge in [0, 0.05) is 6.42 Å². The molecule has 0 spiro atoms. The third kappa shape index (κ3) is 2.46. The summed E-state index contributed by atoms with van der Waals surface area (Å²) in [4.78, 5) is 7.68. The smallest absolute Gasteiger partial charge is 0.106 e. The summed E-state index contributed by atoms with van der Waals surface area (Å²) < 4.78 is 0. The molecular formula is C12H16N2. The lowest BCUT2D eigenvalue weighted by Gasteiger charge is -1.80. The van der Waals surface area contributed by atoms with E-state index in [1.165, 1.54) is 0 Å². The first-order valence-electron chi connectivity index (χ1n) is 4.82. The van der Waals surface area contributed by atoms with Crippen molar-refractivity contribution in [3.8, 4) is 0 Å². The number of H-pyrrole nitrogens is 1. The van der Waals surface area contributed by atoms with Crippen LogP contribution in [0.15, 0.2) is 24.8 Å². The summed E-state index contributed by atoms with van der Waals surface area (Å²) in [7, 11) is 0. The Labute approximate surface area is 84.4 Å². The molecule has 0 amide bonds. The molecule has 14 heavy (non-hydrogen) atoms. The molecule has 1 aromatic heterocycles. The highest BCUT2D eigenvalue weighted by molar-refractivity contribution is 5.39. The molecule has 1 heterocycles. The largest absolute Gasteiger partial charge is 0.342 e. The van der Waals surface area contributed by atoms with Gasteiger partial charge in [-0.3, -0.25) is 0 Å². The maximum atomic E-state index is 4.44. The maximum Gasteiger partial charge on any atom is 0.106 e. The zero-order valence-electron chi connectivity index (χ0n) is 8.75. The van der Waals surface area contributed by atoms with E-state index in [2.05, 4.69) is 23.5 Å². The number of nitrogens with one attached hydrogen (secondary N) is 1. The van der Waals surface area contributed by atoms with Gasteiger partial charge in [-0.2, -0.15) is 0 Å². The van der Waals surface area contributed by atoms with Gasteiger partial charge in [-0.25, -0.2) is 4.98 Å². The fraction of sp³-hybridized carbons (Fsp3) is 0.250. The molecule has 0 atom stereocenters. The van der Waals surface area contributed by atoms with Gasteiger partial charge >= 0.3 is 0 Å². The molecule has 0 aromatic carbocycles. The minimum Gasteiger partial charge on any atom is -0.342 e. The van der Waals surface area contributed by atoms with Gasteiger partial charge in [-0.1, -0.05) is 31.7 Å². The van der Waals surface area contributed by atoms with Crippen LogP contribution < -0.4 is 10.7 Å². The van der Waals surface area contributed by atoms with Gasteiger partial charge in [-0.15, -0.1) is 0 Å². The molecule has 0 saturated heterocycles. The van der Waals surface area contributed by atoms with Crippen LogP contribution in [0.3, 0.4) is 0 Å². The summed E-state index contributed by atoms with van der Waals surface area (Å²) in [5.74, 6) is 1.01. The lowest BCUT2D eigenvalue weighted by atomic mass is 10.4. The van der Waals surface area contributed by atoms with Crippen molar-refractivity contribution in [2.24, 2.45) is 0 Å². The highest BCUT2D eigenvalue weighted by Crippen LogP contribution is 1.81. The van der Waals surface area contributed by atoms with Crippen molar-refractivity contribution in [1.29, 1.82) is 0 Å². The number of hydrogen-bond acceptors (Lipinski definition) is 1. The lowest BCUT2D eigenvalue weighted by Crippen LogP contribution is -2.23. The molecule has 74 valence electrons. The van der Waals surface area contributed by atoms with E-state index in [9.17, 15) is 0 Å². The monoisotopic (exact) mass is 188 g/mol. The number of hydrogen-bond donors (Lipinski definition) is 1. The molecule has 0 unspecified atom stereocenters. The second kappa shape index (κ2) is 5.22. The second-order valence-electron chi connectivity index (χ2n) is 2.93. The minimum absolute atomic E-state index is 0.918. The predicted octanol–water partition coefficient (Wildman–Crippen LogP) is 1.30. The zero-order chi connectivity index (χ0) is 10.4. The molecule has 1 rings (SSSR count). The summed E-state index contributed by atoms with van der Waals surface area (Å²) in [6.45, 7) is 7.74. The number of imidazole rings is 1. The molecule has 0 aliphatic heterocycles. The van der Waals surface area contributed by atoms with E-state index in [1.807, 2.05) is 31.2 Å². The van der Waals surface area contributed by atoms with Crippen LogP contribution in [-0.4, -0.2) is 9.97 Å². The molecule has 0 aliphatic carbocycles. The molecule has 2 heteroatoms. The van der Waals surface area contributed by atoms with Crippen molar-refractivity contribution in [3.63, 3.8) is 0 Å². The predicted molar refractivity (Wildman–Crippen MR) is 61.2 cm³/mol. The summed E-state index contributed by atoms with van der Waals surface area (Å²) in [6, 6.07) is 0. The average Bonchev–Trinajstić information content (AvgIpc) is 2.58. The summed E-state index contributed by atoms with van der Waals surface area (Å²) in [5.41, 5.74) is 0. The Kier molecular flexibility index (Phi) is 3.92. The van der Waals surface area contributed by atoms with Crippen LogP contribution >= 0.6 is 0 Å². The van der Waals surface area contributed by atoms with E-state index >= 15 is 0 Å². The van der Waals surface area contributed by atoms with Gasteiger partial charge in [0.1, 0.15) is 5.82 Å². The number of nitrogens with zero attached hydrogens (tertiary/aromatic N) is 1. The van der Waals surface area contributed by atoms with Crippen LogP contribution in [0.1, 0.15) is 19.7 Å². The number of aromatic nitrogens is 2. The third-order valence-corrected chi connectivity index (χ3v) is 1.88. The van der Waals surface area contributed by atoms with Gasteiger partial charge in [0.15, 0.2) is 0 Å². The molecule has 0 bridgehead atoms. The lowest BCUT2D eigenvalue weighted by molar-refractivity contribution is 0.981. The fourth-order valence-electron chi connectivity index (χ4n) is 1.18. The Bertz CT molecular complexity index is 435. The molecule has 1 N–H and O–H groups in total. The van der Waals surface area contributed by atoms with Crippen molar-refractivity contribution in [3.05, 3.63) is 41.3 Å². The van der Waals surface area contributed by atoms with Crippen LogP contribution in [0.5, 0.6) is 0 Å². The zero-order valence-corrected chi connectivity index (χ0v) is 8.75. The Balaban J connectivity index is 3.33. The number of allylic oxidation sites excluding steroid dienone is 3. The standard InChI is InChI=1S/C12H16N2/c1-4-7-9-11-10(8-5-2)13-12(6-3)14-11/h4-5,7-9H,2,6H2,1,3H3,(H,13,14)/b7-4?,10-8+,11-9+. The Morgan fingerprint density at radius 2 is 2.21 bits per heavy atom. The minimum atomic E-state index is 0.918. The molecule has 0 aliphatic rings. The summed E-state index contributed by atoms with van der Waals surface area (Å²) in [5, 5.41) is 2.00. The van der Waals surface area contributed by atoms with Crippen LogP contribution in [0.4, 0.5) is 0 Å². The second-order valence-corrected chi connectivity index (χ2v) is 2.93. The summed E-state index contributed by atoms with van der Waals surface area (Å²) in [6.07, 6.45) is 10.6. The van der Waals surface area contributed by atoms with Gasteiger partial charge < -0.3 is 4.98 Å². The van der Waals surface area contributed by atoms with Gasteiger partial charge in [0.05, 0.1) is 10.7 Å². The van der Waals surface area contributed by atoms with Crippen molar-refractivity contribution >= 4 is 12.2 Å². The number of aryl methyl sites for hydroxylation is 1. The first-order valence-corrected chi connectivity index (χ1v) is 4.82. The third-order valence-electron chi connectivity index (χ3n) is 1.88. The summed E-state index contributed by atoms with van der Waals surface area (Å²) >= 11 is 0. The maximum absolute atomic E-state index is 4.44. The van der Waals surface area contributed by atoms with Crippen molar-refractivity contribution in [2.45, 2.75) is 20.3 Å². The van der Waals surface area contributed by atoms with E-state index in [4.69, 9.17) is 0 Å². The van der Waals surface area contributed by atoms with Crippen LogP contribution in [-0.2, 0) is 6.42 Å². The van der Waals surface area contributed by atoms with E-state index in [1.54, 1.807) is 6.08 Å². The first kappa shape index (κ1) is 10.5. The van der Waals surface area contributed by atoms with Crippen LogP contribution in [0.2, 0.25) is 0 Å². The van der Waals surface area contributed by atoms with Gasteiger partial charge in [-0.05, 0) is 19.1 Å². The van der Waals surface area contributed by atoms with Crippen molar-refractivity contribution in [2.75, 3.05) is 0 Å². The highest BCUT2D eigenvalue weighted by Gasteiger charge is 1.93. The van der Waals surface area contributed by atoms with E-state index in [0.29, 0.717) is 0 Å². The average molecular weight is 188 g/mol. The molecule has 2 nitrogen and oxygen atoms in total. The first-order chi connectivity index (χ1) is 6.81. The Morgan fingerprint density at radius 1 is 1.43 bits per heavy atom. The van der Waals surface area contributed by atoms with E-state index < -0.39 is 0 Å². The Hall–Kier alpha value is -1.57. The number of aromatic amines is 1. The normalized spacial score (nSPS) is 14.1. The fourth-order valence-corrected chi connectivity index (χ4v) is 1.18. The molecule has 1 aromatic rings. The quantitative estimate of drug-likeness (QED) is 0.761. The van der Waals surface area contributed by atoms with Crippen LogP contribution in [0.25, 0.3) is 12.2 Å². The van der Waals surface area contributed by atoms with E-state index in [0.717, 1.165) is 22.9 Å². The van der Waals surface area contributed by atoms with Crippen LogP contribution in [0, 0.1) is 0 Å². The van der Waals surface area contributed by atoms with E-state index in [-0.39, 0.29) is 0 Å². The van der Waals surface area contributed by atoms with Crippen molar-refractivity contribution < 1.29 is 0 Å². The number of rotatable bonds is 3. The molecular weight excluding hydrogens is 172 g/mol. The SMILES string of the molecule is C=C/C=c1/[nH]c(CC)n/c1=C/C=CC. The molecule has 0 radical (unpaired) electrons. The van der Waals surface area contributed by atoms with Crippen molar-refractivity contribution in [1.82, 2.24) is 9.97 Å². The molecule has 0 fully saturated rings. The molecule has 0 saturated carbocycles. The highest BCUT2D eigenvalue weighted by atomic mass is 14.9. The topological polar surface area (TPSA) is 28.7 Å². The van der Waals surface area contributed by atoms with Gasteiger partial charge in [0.2, 0.25) is 0 Å².